The first-order valence-corrected chi connectivity index (χ1v) is 10.2. The SMILES string of the molecule is O=C(Cn1nccc1[C@@H]1CCCNC1)NC12CC3CC(CC(C3)C1)C2. The molecule has 5 heteroatoms. The molecule has 1 atom stereocenters. The average molecular weight is 342 g/mol. The van der Waals surface area contributed by atoms with Crippen LogP contribution in [0, 0.1) is 17.8 Å². The summed E-state index contributed by atoms with van der Waals surface area (Å²) in [6.07, 6.45) is 12.1. The molecule has 1 saturated heterocycles. The Hall–Kier alpha value is -1.36. The Balaban J connectivity index is 1.26. The highest BCUT2D eigenvalue weighted by molar-refractivity contribution is 5.76. The Bertz CT molecular complexity index is 611. The number of hydrogen-bond acceptors (Lipinski definition) is 3. The number of aromatic nitrogens is 2. The van der Waals surface area contributed by atoms with Crippen molar-refractivity contribution in [2.75, 3.05) is 13.1 Å². The Morgan fingerprint density at radius 2 is 1.96 bits per heavy atom. The lowest BCUT2D eigenvalue weighted by molar-refractivity contribution is -0.127. The minimum Gasteiger partial charge on any atom is -0.349 e. The van der Waals surface area contributed by atoms with Crippen molar-refractivity contribution in [2.45, 2.75) is 69.4 Å². The number of hydrogen-bond donors (Lipinski definition) is 2. The van der Waals surface area contributed by atoms with Crippen molar-refractivity contribution in [3.63, 3.8) is 0 Å². The van der Waals surface area contributed by atoms with Gasteiger partial charge in [-0.05, 0) is 81.7 Å². The monoisotopic (exact) mass is 342 g/mol. The van der Waals surface area contributed by atoms with Crippen molar-refractivity contribution in [1.82, 2.24) is 20.4 Å². The zero-order valence-corrected chi connectivity index (χ0v) is 15.0. The second-order valence-electron chi connectivity index (χ2n) is 9.20. The van der Waals surface area contributed by atoms with Gasteiger partial charge >= 0.3 is 0 Å². The van der Waals surface area contributed by atoms with Gasteiger partial charge < -0.3 is 10.6 Å². The molecule has 25 heavy (non-hydrogen) atoms. The third-order valence-corrected chi connectivity index (χ3v) is 7.20. The molecule has 4 aliphatic carbocycles. The van der Waals surface area contributed by atoms with E-state index in [0.717, 1.165) is 30.8 Å². The van der Waals surface area contributed by atoms with E-state index in [4.69, 9.17) is 0 Å². The fourth-order valence-electron chi connectivity index (χ4n) is 6.66. The Morgan fingerprint density at radius 3 is 2.60 bits per heavy atom. The van der Waals surface area contributed by atoms with Crippen LogP contribution in [-0.2, 0) is 11.3 Å². The first kappa shape index (κ1) is 15.9. The molecule has 1 aromatic heterocycles. The molecular formula is C20H30N4O. The van der Waals surface area contributed by atoms with E-state index in [9.17, 15) is 4.79 Å². The third-order valence-electron chi connectivity index (χ3n) is 7.20. The zero-order valence-electron chi connectivity index (χ0n) is 15.0. The normalized spacial score (nSPS) is 39.5. The van der Waals surface area contributed by atoms with Crippen LogP contribution in [0.3, 0.4) is 0 Å². The molecule has 0 aromatic carbocycles. The second kappa shape index (κ2) is 6.11. The van der Waals surface area contributed by atoms with Gasteiger partial charge in [-0.15, -0.1) is 0 Å². The maximum atomic E-state index is 12.8. The van der Waals surface area contributed by atoms with E-state index in [1.807, 2.05) is 10.9 Å². The molecule has 4 saturated carbocycles. The first-order chi connectivity index (χ1) is 12.2. The van der Waals surface area contributed by atoms with Crippen LogP contribution in [0.5, 0.6) is 0 Å². The van der Waals surface area contributed by atoms with Crippen molar-refractivity contribution in [3.05, 3.63) is 18.0 Å². The fourth-order valence-corrected chi connectivity index (χ4v) is 6.66. The molecule has 1 aliphatic heterocycles. The van der Waals surface area contributed by atoms with Gasteiger partial charge in [-0.25, -0.2) is 0 Å². The summed E-state index contributed by atoms with van der Waals surface area (Å²) in [5, 5.41) is 11.4. The van der Waals surface area contributed by atoms with Crippen LogP contribution in [0.1, 0.15) is 63.0 Å². The number of amides is 1. The molecule has 5 nitrogen and oxygen atoms in total. The number of nitrogens with one attached hydrogen (secondary N) is 2. The van der Waals surface area contributed by atoms with Crippen LogP contribution in [-0.4, -0.2) is 34.3 Å². The molecule has 136 valence electrons. The molecular weight excluding hydrogens is 312 g/mol. The van der Waals surface area contributed by atoms with Gasteiger partial charge in [0, 0.05) is 29.9 Å². The smallest absolute Gasteiger partial charge is 0.242 e. The largest absolute Gasteiger partial charge is 0.349 e. The van der Waals surface area contributed by atoms with Crippen molar-refractivity contribution in [3.8, 4) is 0 Å². The molecule has 6 rings (SSSR count). The molecule has 0 unspecified atom stereocenters. The summed E-state index contributed by atoms with van der Waals surface area (Å²) < 4.78 is 1.94. The fraction of sp³-hybridized carbons (Fsp3) is 0.800. The number of carbonyl (C=O) groups is 1. The molecule has 4 bridgehead atoms. The van der Waals surface area contributed by atoms with E-state index < -0.39 is 0 Å². The summed E-state index contributed by atoms with van der Waals surface area (Å²) >= 11 is 0. The maximum absolute atomic E-state index is 12.8. The van der Waals surface area contributed by atoms with Gasteiger partial charge in [0.05, 0.1) is 0 Å². The van der Waals surface area contributed by atoms with E-state index >= 15 is 0 Å². The second-order valence-corrected chi connectivity index (χ2v) is 9.20. The van der Waals surface area contributed by atoms with Gasteiger partial charge in [-0.2, -0.15) is 5.10 Å². The average Bonchev–Trinajstić information content (AvgIpc) is 3.01. The summed E-state index contributed by atoms with van der Waals surface area (Å²) in [5.41, 5.74) is 1.32. The van der Waals surface area contributed by atoms with Gasteiger partial charge in [-0.1, -0.05) is 0 Å². The summed E-state index contributed by atoms with van der Waals surface area (Å²) in [6.45, 7) is 2.49. The Labute approximate surface area is 149 Å². The number of nitrogens with zero attached hydrogens (tertiary/aromatic N) is 2. The van der Waals surface area contributed by atoms with Crippen molar-refractivity contribution < 1.29 is 4.79 Å². The standard InChI is InChI=1S/C20H30N4O/c25-19(13-24-18(3-5-22-24)17-2-1-4-21-12-17)23-20-9-14-6-15(10-20)8-16(7-14)11-20/h3,5,14-17,21H,1-2,4,6-13H2,(H,23,25)/t14?,15?,16?,17-,20?/m1/s1. The molecule has 1 aromatic rings. The molecule has 0 radical (unpaired) electrons. The predicted molar refractivity (Wildman–Crippen MR) is 96.1 cm³/mol. The topological polar surface area (TPSA) is 59.0 Å². The van der Waals surface area contributed by atoms with Gasteiger partial charge in [0.15, 0.2) is 0 Å². The highest BCUT2D eigenvalue weighted by Gasteiger charge is 2.51. The minimum atomic E-state index is 0.103. The number of rotatable bonds is 4. The van der Waals surface area contributed by atoms with E-state index in [2.05, 4.69) is 21.8 Å². The molecule has 1 amide bonds. The quantitative estimate of drug-likeness (QED) is 0.883. The summed E-state index contributed by atoms with van der Waals surface area (Å²) in [7, 11) is 0. The summed E-state index contributed by atoms with van der Waals surface area (Å²) in [5.74, 6) is 3.24. The lowest BCUT2D eigenvalue weighted by Gasteiger charge is -2.56. The van der Waals surface area contributed by atoms with Crippen molar-refractivity contribution >= 4 is 5.91 Å². The van der Waals surface area contributed by atoms with Crippen LogP contribution in [0.4, 0.5) is 0 Å². The van der Waals surface area contributed by atoms with Gasteiger partial charge in [0.1, 0.15) is 6.54 Å². The van der Waals surface area contributed by atoms with E-state index in [-0.39, 0.29) is 11.4 Å². The minimum absolute atomic E-state index is 0.103. The van der Waals surface area contributed by atoms with Crippen molar-refractivity contribution in [1.29, 1.82) is 0 Å². The molecule has 5 fully saturated rings. The van der Waals surface area contributed by atoms with E-state index in [1.165, 1.54) is 57.1 Å². The maximum Gasteiger partial charge on any atom is 0.242 e. The summed E-state index contributed by atoms with van der Waals surface area (Å²) in [4.78, 5) is 12.8. The lowest BCUT2D eigenvalue weighted by Crippen LogP contribution is -2.60. The van der Waals surface area contributed by atoms with E-state index in [0.29, 0.717) is 12.5 Å². The molecule has 2 N–H and O–H groups in total. The van der Waals surface area contributed by atoms with Gasteiger partial charge in [0.25, 0.3) is 0 Å². The Morgan fingerprint density at radius 1 is 1.24 bits per heavy atom. The predicted octanol–water partition coefficient (Wildman–Crippen LogP) is 2.44. The Kier molecular flexibility index (Phi) is 3.88. The molecule has 5 aliphatic rings. The first-order valence-electron chi connectivity index (χ1n) is 10.2. The van der Waals surface area contributed by atoms with Crippen LogP contribution in [0.2, 0.25) is 0 Å². The van der Waals surface area contributed by atoms with Crippen LogP contribution < -0.4 is 10.6 Å². The van der Waals surface area contributed by atoms with Crippen LogP contribution >= 0.6 is 0 Å². The highest BCUT2D eigenvalue weighted by Crippen LogP contribution is 2.55. The third kappa shape index (κ3) is 3.01. The van der Waals surface area contributed by atoms with Crippen LogP contribution in [0.25, 0.3) is 0 Å². The highest BCUT2D eigenvalue weighted by atomic mass is 16.2. The van der Waals surface area contributed by atoms with Gasteiger partial charge in [-0.3, -0.25) is 9.48 Å². The lowest BCUT2D eigenvalue weighted by atomic mass is 9.53. The van der Waals surface area contributed by atoms with Gasteiger partial charge in [0.2, 0.25) is 5.91 Å². The van der Waals surface area contributed by atoms with E-state index in [1.54, 1.807) is 0 Å². The van der Waals surface area contributed by atoms with Crippen LogP contribution in [0.15, 0.2) is 12.3 Å². The molecule has 0 spiro atoms. The number of carbonyl (C=O) groups excluding carboxylic acids is 1. The zero-order chi connectivity index (χ0) is 16.9. The van der Waals surface area contributed by atoms with Crippen molar-refractivity contribution in [2.24, 2.45) is 17.8 Å². The molecule has 2 heterocycles. The summed E-state index contributed by atoms with van der Waals surface area (Å²) in [6, 6.07) is 2.09. The number of piperidine rings is 1.